The number of nitrogens with zero attached hydrogens (tertiary/aromatic N) is 2. The summed E-state index contributed by atoms with van der Waals surface area (Å²) in [5.74, 6) is -0.874. The molecule has 2 aromatic rings. The van der Waals surface area contributed by atoms with Gasteiger partial charge in [-0.1, -0.05) is 30.3 Å². The van der Waals surface area contributed by atoms with Crippen LogP contribution < -0.4 is 10.2 Å². The van der Waals surface area contributed by atoms with E-state index in [1.54, 1.807) is 23.1 Å². The summed E-state index contributed by atoms with van der Waals surface area (Å²) < 4.78 is 13.6. The standard InChI is InChI=1S/C22H26FN3O2/c1-16-6-5-9-20(17(16)2)25-10-12-26(13-11-25)22(28)15-24-21(27)14-18-7-3-4-8-19(18)23/h3-9H,10-15H2,1-2H3,(H,24,27). The van der Waals surface area contributed by atoms with Gasteiger partial charge in [0.05, 0.1) is 13.0 Å². The van der Waals surface area contributed by atoms with E-state index in [1.165, 1.54) is 22.9 Å². The molecule has 1 aliphatic heterocycles. The van der Waals surface area contributed by atoms with E-state index >= 15 is 0 Å². The van der Waals surface area contributed by atoms with E-state index in [4.69, 9.17) is 0 Å². The Morgan fingerprint density at radius 1 is 1.00 bits per heavy atom. The van der Waals surface area contributed by atoms with Gasteiger partial charge < -0.3 is 15.1 Å². The second-order valence-electron chi connectivity index (χ2n) is 7.13. The zero-order valence-electron chi connectivity index (χ0n) is 16.4. The van der Waals surface area contributed by atoms with E-state index in [0.717, 1.165) is 13.1 Å². The van der Waals surface area contributed by atoms with Crippen LogP contribution in [-0.4, -0.2) is 49.4 Å². The van der Waals surface area contributed by atoms with Crippen molar-refractivity contribution in [2.45, 2.75) is 20.3 Å². The molecule has 5 nitrogen and oxygen atoms in total. The quantitative estimate of drug-likeness (QED) is 0.863. The maximum atomic E-state index is 13.6. The molecular weight excluding hydrogens is 357 g/mol. The van der Waals surface area contributed by atoms with Gasteiger partial charge in [0.2, 0.25) is 11.8 Å². The number of carbonyl (C=O) groups is 2. The Balaban J connectivity index is 1.47. The zero-order valence-corrected chi connectivity index (χ0v) is 16.4. The maximum absolute atomic E-state index is 13.6. The molecule has 0 unspecified atom stereocenters. The van der Waals surface area contributed by atoms with E-state index in [0.29, 0.717) is 18.7 Å². The number of hydrogen-bond acceptors (Lipinski definition) is 3. The summed E-state index contributed by atoms with van der Waals surface area (Å²) >= 11 is 0. The molecule has 148 valence electrons. The number of benzene rings is 2. The Hall–Kier alpha value is -2.89. The molecular formula is C22H26FN3O2. The molecule has 0 radical (unpaired) electrons. The third-order valence-corrected chi connectivity index (χ3v) is 5.29. The molecule has 0 aromatic heterocycles. The Kier molecular flexibility index (Phi) is 6.29. The number of rotatable bonds is 5. The second-order valence-corrected chi connectivity index (χ2v) is 7.13. The van der Waals surface area contributed by atoms with Crippen molar-refractivity contribution in [2.75, 3.05) is 37.6 Å². The fourth-order valence-corrected chi connectivity index (χ4v) is 3.44. The summed E-state index contributed by atoms with van der Waals surface area (Å²) in [6, 6.07) is 12.4. The van der Waals surface area contributed by atoms with Crippen molar-refractivity contribution in [1.82, 2.24) is 10.2 Å². The first-order chi connectivity index (χ1) is 13.5. The van der Waals surface area contributed by atoms with E-state index < -0.39 is 5.82 Å². The third kappa shape index (κ3) is 4.68. The van der Waals surface area contributed by atoms with Crippen LogP contribution in [0.25, 0.3) is 0 Å². The van der Waals surface area contributed by atoms with Crippen molar-refractivity contribution in [3.8, 4) is 0 Å². The number of hydrogen-bond donors (Lipinski definition) is 1. The smallest absolute Gasteiger partial charge is 0.242 e. The van der Waals surface area contributed by atoms with Crippen LogP contribution in [-0.2, 0) is 16.0 Å². The Labute approximate surface area is 165 Å². The van der Waals surface area contributed by atoms with Gasteiger partial charge in [0.15, 0.2) is 0 Å². The molecule has 1 fully saturated rings. The van der Waals surface area contributed by atoms with Crippen LogP contribution in [0.15, 0.2) is 42.5 Å². The van der Waals surface area contributed by atoms with Crippen molar-refractivity contribution in [3.63, 3.8) is 0 Å². The van der Waals surface area contributed by atoms with Crippen molar-refractivity contribution in [3.05, 3.63) is 65.0 Å². The van der Waals surface area contributed by atoms with E-state index in [9.17, 15) is 14.0 Å². The van der Waals surface area contributed by atoms with Crippen molar-refractivity contribution in [2.24, 2.45) is 0 Å². The van der Waals surface area contributed by atoms with E-state index in [-0.39, 0.29) is 24.8 Å². The lowest BCUT2D eigenvalue weighted by Crippen LogP contribution is -2.51. The zero-order chi connectivity index (χ0) is 20.1. The topological polar surface area (TPSA) is 52.6 Å². The van der Waals surface area contributed by atoms with E-state index in [2.05, 4.69) is 42.3 Å². The highest BCUT2D eigenvalue weighted by Crippen LogP contribution is 2.23. The lowest BCUT2D eigenvalue weighted by Gasteiger charge is -2.37. The maximum Gasteiger partial charge on any atom is 0.242 e. The molecule has 1 saturated heterocycles. The molecule has 0 saturated carbocycles. The molecule has 3 rings (SSSR count). The molecule has 2 aromatic carbocycles. The molecule has 0 aliphatic carbocycles. The molecule has 1 N–H and O–H groups in total. The minimum Gasteiger partial charge on any atom is -0.368 e. The summed E-state index contributed by atoms with van der Waals surface area (Å²) in [4.78, 5) is 28.5. The molecule has 0 bridgehead atoms. The first kappa shape index (κ1) is 19.9. The predicted molar refractivity (Wildman–Crippen MR) is 108 cm³/mol. The summed E-state index contributed by atoms with van der Waals surface area (Å²) in [5, 5.41) is 2.60. The summed E-state index contributed by atoms with van der Waals surface area (Å²) in [7, 11) is 0. The van der Waals surface area contributed by atoms with Crippen LogP contribution in [0.2, 0.25) is 0 Å². The van der Waals surface area contributed by atoms with Gasteiger partial charge in [-0.15, -0.1) is 0 Å². The third-order valence-electron chi connectivity index (χ3n) is 5.29. The number of carbonyl (C=O) groups excluding carboxylic acids is 2. The Bertz CT molecular complexity index is 861. The average Bonchev–Trinajstić information content (AvgIpc) is 2.70. The van der Waals surface area contributed by atoms with Gasteiger partial charge in [0.25, 0.3) is 0 Å². The van der Waals surface area contributed by atoms with Crippen LogP contribution in [0.4, 0.5) is 10.1 Å². The number of nitrogens with one attached hydrogen (secondary N) is 1. The van der Waals surface area contributed by atoms with Gasteiger partial charge in [-0.2, -0.15) is 0 Å². The monoisotopic (exact) mass is 383 g/mol. The fourth-order valence-electron chi connectivity index (χ4n) is 3.44. The molecule has 1 aliphatic rings. The van der Waals surface area contributed by atoms with Crippen molar-refractivity contribution >= 4 is 17.5 Å². The highest BCUT2D eigenvalue weighted by molar-refractivity contribution is 5.86. The number of halogens is 1. The van der Waals surface area contributed by atoms with Crippen LogP contribution >= 0.6 is 0 Å². The summed E-state index contributed by atoms with van der Waals surface area (Å²) in [6.45, 7) is 6.93. The van der Waals surface area contributed by atoms with Crippen LogP contribution in [0.5, 0.6) is 0 Å². The van der Waals surface area contributed by atoms with Crippen molar-refractivity contribution in [1.29, 1.82) is 0 Å². The number of piperazine rings is 1. The highest BCUT2D eigenvalue weighted by atomic mass is 19.1. The molecule has 0 spiro atoms. The highest BCUT2D eigenvalue weighted by Gasteiger charge is 2.22. The van der Waals surface area contributed by atoms with Crippen LogP contribution in [0.3, 0.4) is 0 Å². The molecule has 2 amide bonds. The van der Waals surface area contributed by atoms with Gasteiger partial charge in [-0.3, -0.25) is 9.59 Å². The van der Waals surface area contributed by atoms with Crippen LogP contribution in [0, 0.1) is 19.7 Å². The first-order valence-electron chi connectivity index (χ1n) is 9.54. The normalized spacial score (nSPS) is 14.1. The minimum atomic E-state index is -0.411. The second kappa shape index (κ2) is 8.87. The number of anilines is 1. The lowest BCUT2D eigenvalue weighted by atomic mass is 10.1. The van der Waals surface area contributed by atoms with Crippen LogP contribution in [0.1, 0.15) is 16.7 Å². The van der Waals surface area contributed by atoms with Gasteiger partial charge in [0, 0.05) is 31.9 Å². The van der Waals surface area contributed by atoms with Gasteiger partial charge in [-0.05, 0) is 42.7 Å². The summed E-state index contributed by atoms with van der Waals surface area (Å²) in [6.07, 6.45) is -0.0691. The Morgan fingerprint density at radius 2 is 1.71 bits per heavy atom. The first-order valence-corrected chi connectivity index (χ1v) is 9.54. The average molecular weight is 383 g/mol. The van der Waals surface area contributed by atoms with Gasteiger partial charge in [0.1, 0.15) is 5.82 Å². The Morgan fingerprint density at radius 3 is 2.43 bits per heavy atom. The molecule has 6 heteroatoms. The SMILES string of the molecule is Cc1cccc(N2CCN(C(=O)CNC(=O)Cc3ccccc3F)CC2)c1C. The lowest BCUT2D eigenvalue weighted by molar-refractivity contribution is -0.133. The molecule has 28 heavy (non-hydrogen) atoms. The number of aryl methyl sites for hydroxylation is 1. The fraction of sp³-hybridized carbons (Fsp3) is 0.364. The minimum absolute atomic E-state index is 0.0588. The predicted octanol–water partition coefficient (Wildman–Crippen LogP) is 2.45. The number of amides is 2. The summed E-state index contributed by atoms with van der Waals surface area (Å²) in [5.41, 5.74) is 4.07. The molecule has 0 atom stereocenters. The molecule has 1 heterocycles. The van der Waals surface area contributed by atoms with Crippen molar-refractivity contribution < 1.29 is 14.0 Å². The van der Waals surface area contributed by atoms with Gasteiger partial charge >= 0.3 is 0 Å². The largest absolute Gasteiger partial charge is 0.368 e. The van der Waals surface area contributed by atoms with Gasteiger partial charge in [-0.25, -0.2) is 4.39 Å². The van der Waals surface area contributed by atoms with E-state index in [1.807, 2.05) is 0 Å².